The minimum atomic E-state index is -0.217. The number of benzene rings is 1. The second kappa shape index (κ2) is 6.72. The van der Waals surface area contributed by atoms with Gasteiger partial charge in [0.15, 0.2) is 11.0 Å². The van der Waals surface area contributed by atoms with E-state index in [-0.39, 0.29) is 24.1 Å². The van der Waals surface area contributed by atoms with Gasteiger partial charge in [0, 0.05) is 11.8 Å². The zero-order valence-corrected chi connectivity index (χ0v) is 11.3. The molecule has 1 aromatic carbocycles. The summed E-state index contributed by atoms with van der Waals surface area (Å²) in [6.45, 7) is 0.246. The van der Waals surface area contributed by atoms with Gasteiger partial charge in [-0.3, -0.25) is 4.79 Å². The fourth-order valence-corrected chi connectivity index (χ4v) is 1.55. The summed E-state index contributed by atoms with van der Waals surface area (Å²) in [6.07, 6.45) is 0.194. The fraction of sp³-hybridized carbons (Fsp3) is 0.154. The summed E-state index contributed by atoms with van der Waals surface area (Å²) < 4.78 is 5.42. The van der Waals surface area contributed by atoms with Crippen molar-refractivity contribution in [3.05, 3.63) is 41.6 Å². The van der Waals surface area contributed by atoms with E-state index in [9.17, 15) is 4.79 Å². The standard InChI is InChI=1S/C13H13ClN4O2/c14-11-4-5-12(18-17-11)16-13(19)6-7-20-10-3-1-2-9(15)8-10/h1-5,8H,6-7,15H2,(H,16,18,19). The highest BCUT2D eigenvalue weighted by molar-refractivity contribution is 6.29. The van der Waals surface area contributed by atoms with E-state index in [1.165, 1.54) is 0 Å². The second-order valence-corrected chi connectivity index (χ2v) is 4.35. The summed E-state index contributed by atoms with van der Waals surface area (Å²) in [6, 6.07) is 10.1. The molecule has 20 heavy (non-hydrogen) atoms. The Kier molecular flexibility index (Phi) is 4.73. The summed E-state index contributed by atoms with van der Waals surface area (Å²) in [5.74, 6) is 0.762. The van der Waals surface area contributed by atoms with Crippen LogP contribution in [0.1, 0.15) is 6.42 Å². The van der Waals surface area contributed by atoms with Gasteiger partial charge in [-0.2, -0.15) is 0 Å². The Labute approximate surface area is 120 Å². The lowest BCUT2D eigenvalue weighted by molar-refractivity contribution is -0.116. The third-order valence-electron chi connectivity index (χ3n) is 2.36. The first-order valence-electron chi connectivity index (χ1n) is 5.91. The van der Waals surface area contributed by atoms with E-state index < -0.39 is 0 Å². The number of hydrogen-bond acceptors (Lipinski definition) is 5. The van der Waals surface area contributed by atoms with Crippen LogP contribution in [0, 0.1) is 0 Å². The molecule has 0 bridgehead atoms. The van der Waals surface area contributed by atoms with Crippen LogP contribution >= 0.6 is 11.6 Å². The molecule has 0 aliphatic rings. The molecule has 0 saturated carbocycles. The number of amides is 1. The Bertz CT molecular complexity index is 589. The molecule has 0 unspecified atom stereocenters. The lowest BCUT2D eigenvalue weighted by Gasteiger charge is -2.07. The van der Waals surface area contributed by atoms with E-state index in [1.54, 1.807) is 36.4 Å². The monoisotopic (exact) mass is 292 g/mol. The molecule has 6 nitrogen and oxygen atoms in total. The maximum atomic E-state index is 11.6. The Balaban J connectivity index is 1.76. The van der Waals surface area contributed by atoms with Crippen LogP contribution < -0.4 is 15.8 Å². The summed E-state index contributed by atoms with van der Waals surface area (Å²) in [5, 5.41) is 10.2. The number of nitrogens with two attached hydrogens (primary N) is 1. The van der Waals surface area contributed by atoms with Gasteiger partial charge in [0.05, 0.1) is 13.0 Å². The Morgan fingerprint density at radius 1 is 1.30 bits per heavy atom. The van der Waals surface area contributed by atoms with Crippen molar-refractivity contribution in [2.45, 2.75) is 6.42 Å². The Morgan fingerprint density at radius 3 is 2.85 bits per heavy atom. The molecule has 7 heteroatoms. The zero-order valence-electron chi connectivity index (χ0n) is 10.5. The van der Waals surface area contributed by atoms with Crippen LogP contribution in [-0.4, -0.2) is 22.7 Å². The quantitative estimate of drug-likeness (QED) is 0.824. The van der Waals surface area contributed by atoms with Crippen LogP contribution in [0.5, 0.6) is 5.75 Å². The van der Waals surface area contributed by atoms with Crippen molar-refractivity contribution < 1.29 is 9.53 Å². The van der Waals surface area contributed by atoms with Crippen LogP contribution in [0.25, 0.3) is 0 Å². The highest BCUT2D eigenvalue weighted by Gasteiger charge is 2.04. The minimum Gasteiger partial charge on any atom is -0.493 e. The lowest BCUT2D eigenvalue weighted by Crippen LogP contribution is -2.16. The molecule has 104 valence electrons. The molecular weight excluding hydrogens is 280 g/mol. The van der Waals surface area contributed by atoms with Crippen LogP contribution in [0.15, 0.2) is 36.4 Å². The van der Waals surface area contributed by atoms with Crippen molar-refractivity contribution in [1.29, 1.82) is 0 Å². The van der Waals surface area contributed by atoms with Gasteiger partial charge in [0.25, 0.3) is 0 Å². The number of hydrogen-bond donors (Lipinski definition) is 2. The van der Waals surface area contributed by atoms with Crippen LogP contribution in [0.3, 0.4) is 0 Å². The van der Waals surface area contributed by atoms with Gasteiger partial charge in [0.2, 0.25) is 5.91 Å². The van der Waals surface area contributed by atoms with E-state index in [1.807, 2.05) is 0 Å². The highest BCUT2D eigenvalue weighted by Crippen LogP contribution is 2.14. The first-order valence-corrected chi connectivity index (χ1v) is 6.29. The van der Waals surface area contributed by atoms with Crippen LogP contribution in [-0.2, 0) is 4.79 Å². The minimum absolute atomic E-state index is 0.194. The normalized spacial score (nSPS) is 10.1. The topological polar surface area (TPSA) is 90.1 Å². The zero-order chi connectivity index (χ0) is 14.4. The number of nitrogens with zero attached hydrogens (tertiary/aromatic N) is 2. The van der Waals surface area contributed by atoms with Gasteiger partial charge in [-0.25, -0.2) is 0 Å². The number of carbonyl (C=O) groups excluding carboxylic acids is 1. The van der Waals surface area contributed by atoms with Crippen molar-refractivity contribution in [3.63, 3.8) is 0 Å². The van der Waals surface area contributed by atoms with Crippen LogP contribution in [0.2, 0.25) is 5.15 Å². The summed E-state index contributed by atoms with van der Waals surface area (Å²) >= 11 is 5.60. The van der Waals surface area contributed by atoms with Gasteiger partial charge in [-0.1, -0.05) is 17.7 Å². The van der Waals surface area contributed by atoms with E-state index in [4.69, 9.17) is 22.1 Å². The van der Waals surface area contributed by atoms with Gasteiger partial charge < -0.3 is 15.8 Å². The molecule has 0 fully saturated rings. The predicted molar refractivity (Wildman–Crippen MR) is 76.6 cm³/mol. The first-order chi connectivity index (χ1) is 9.63. The lowest BCUT2D eigenvalue weighted by atomic mass is 10.3. The average Bonchev–Trinajstić information content (AvgIpc) is 2.41. The van der Waals surface area contributed by atoms with Gasteiger partial charge in [-0.05, 0) is 24.3 Å². The van der Waals surface area contributed by atoms with Crippen molar-refractivity contribution in [2.24, 2.45) is 0 Å². The maximum Gasteiger partial charge on any atom is 0.229 e. The molecule has 1 aromatic heterocycles. The molecule has 0 spiro atoms. The number of halogens is 1. The number of anilines is 2. The highest BCUT2D eigenvalue weighted by atomic mass is 35.5. The van der Waals surface area contributed by atoms with E-state index in [0.29, 0.717) is 17.3 Å². The second-order valence-electron chi connectivity index (χ2n) is 3.96. The molecule has 0 radical (unpaired) electrons. The predicted octanol–water partition coefficient (Wildman–Crippen LogP) is 2.12. The third-order valence-corrected chi connectivity index (χ3v) is 2.56. The summed E-state index contributed by atoms with van der Waals surface area (Å²) in [7, 11) is 0. The number of rotatable bonds is 5. The Morgan fingerprint density at radius 2 is 2.15 bits per heavy atom. The number of nitrogen functional groups attached to an aromatic ring is 1. The molecule has 0 aliphatic carbocycles. The van der Waals surface area contributed by atoms with E-state index in [2.05, 4.69) is 15.5 Å². The van der Waals surface area contributed by atoms with Crippen molar-refractivity contribution in [2.75, 3.05) is 17.7 Å². The molecule has 1 heterocycles. The average molecular weight is 293 g/mol. The largest absolute Gasteiger partial charge is 0.493 e. The molecule has 0 saturated heterocycles. The van der Waals surface area contributed by atoms with Crippen LogP contribution in [0.4, 0.5) is 11.5 Å². The van der Waals surface area contributed by atoms with Gasteiger partial charge in [-0.15, -0.1) is 10.2 Å². The van der Waals surface area contributed by atoms with Crippen molar-refractivity contribution in [3.8, 4) is 5.75 Å². The molecular formula is C13H13ClN4O2. The third kappa shape index (κ3) is 4.40. The molecule has 3 N–H and O–H groups in total. The van der Waals surface area contributed by atoms with E-state index in [0.717, 1.165) is 0 Å². The molecule has 0 atom stereocenters. The molecule has 2 rings (SSSR count). The SMILES string of the molecule is Nc1cccc(OCCC(=O)Nc2ccc(Cl)nn2)c1. The number of carbonyl (C=O) groups is 1. The number of nitrogens with one attached hydrogen (secondary N) is 1. The van der Waals surface area contributed by atoms with Gasteiger partial charge >= 0.3 is 0 Å². The summed E-state index contributed by atoms with van der Waals surface area (Å²) in [4.78, 5) is 11.6. The molecule has 2 aromatic rings. The molecule has 1 amide bonds. The smallest absolute Gasteiger partial charge is 0.229 e. The number of ether oxygens (including phenoxy) is 1. The maximum absolute atomic E-state index is 11.6. The summed E-state index contributed by atoms with van der Waals surface area (Å²) in [5.41, 5.74) is 6.23. The Hall–Kier alpha value is -2.34. The van der Waals surface area contributed by atoms with Gasteiger partial charge in [0.1, 0.15) is 5.75 Å². The first kappa shape index (κ1) is 14.1. The number of aromatic nitrogens is 2. The van der Waals surface area contributed by atoms with Crippen molar-refractivity contribution in [1.82, 2.24) is 10.2 Å². The van der Waals surface area contributed by atoms with E-state index >= 15 is 0 Å². The van der Waals surface area contributed by atoms with Crippen molar-refractivity contribution >= 4 is 29.0 Å². The fourth-order valence-electron chi connectivity index (χ4n) is 1.45. The molecule has 0 aliphatic heterocycles.